The highest BCUT2D eigenvalue weighted by Crippen LogP contribution is 2.26. The molecule has 1 aromatic carbocycles. The van der Waals surface area contributed by atoms with Crippen LogP contribution in [0.1, 0.15) is 22.8 Å². The van der Waals surface area contributed by atoms with Crippen LogP contribution in [0.5, 0.6) is 0 Å². The Hall–Kier alpha value is -4.67. The molecular formula is C22H20N10O. The van der Waals surface area contributed by atoms with Gasteiger partial charge in [0.25, 0.3) is 11.9 Å². The van der Waals surface area contributed by atoms with E-state index in [0.29, 0.717) is 40.7 Å². The van der Waals surface area contributed by atoms with Crippen molar-refractivity contribution >= 4 is 34.3 Å². The number of aromatic nitrogens is 8. The molecule has 0 aliphatic heterocycles. The number of benzene rings is 1. The van der Waals surface area contributed by atoms with Gasteiger partial charge in [-0.1, -0.05) is 6.07 Å². The molecule has 0 spiro atoms. The molecule has 2 N–H and O–H groups in total. The highest BCUT2D eigenvalue weighted by Gasteiger charge is 2.15. The summed E-state index contributed by atoms with van der Waals surface area (Å²) >= 11 is 0. The number of nitrogens with one attached hydrogen (secondary N) is 2. The van der Waals surface area contributed by atoms with Gasteiger partial charge in [0.05, 0.1) is 17.8 Å². The molecule has 0 saturated heterocycles. The Kier molecular flexibility index (Phi) is 5.19. The molecule has 0 saturated carbocycles. The van der Waals surface area contributed by atoms with Crippen molar-refractivity contribution < 1.29 is 4.79 Å². The van der Waals surface area contributed by atoms with Crippen molar-refractivity contribution in [2.75, 3.05) is 10.6 Å². The summed E-state index contributed by atoms with van der Waals surface area (Å²) in [5, 5.41) is 15.5. The highest BCUT2D eigenvalue weighted by molar-refractivity contribution is 6.04. The average Bonchev–Trinajstić information content (AvgIpc) is 3.48. The van der Waals surface area contributed by atoms with Crippen LogP contribution in [0.3, 0.4) is 0 Å². The van der Waals surface area contributed by atoms with Gasteiger partial charge in [-0.3, -0.25) is 4.79 Å². The van der Waals surface area contributed by atoms with Gasteiger partial charge in [-0.25, -0.2) is 24.6 Å². The predicted molar refractivity (Wildman–Crippen MR) is 123 cm³/mol. The predicted octanol–water partition coefficient (Wildman–Crippen LogP) is 3.13. The number of carbonyl (C=O) groups is 1. The summed E-state index contributed by atoms with van der Waals surface area (Å²) in [5.74, 6) is 1.39. The molecule has 0 atom stereocenters. The van der Waals surface area contributed by atoms with Crippen LogP contribution in [0.2, 0.25) is 0 Å². The molecule has 4 heterocycles. The van der Waals surface area contributed by atoms with Gasteiger partial charge in [-0.05, 0) is 37.6 Å². The molecule has 11 nitrogen and oxygen atoms in total. The zero-order valence-corrected chi connectivity index (χ0v) is 18.0. The van der Waals surface area contributed by atoms with E-state index in [1.807, 2.05) is 19.9 Å². The van der Waals surface area contributed by atoms with Gasteiger partial charge in [-0.2, -0.15) is 14.9 Å². The monoisotopic (exact) mass is 440 g/mol. The zero-order valence-electron chi connectivity index (χ0n) is 18.0. The van der Waals surface area contributed by atoms with E-state index in [0.717, 1.165) is 11.3 Å². The van der Waals surface area contributed by atoms with E-state index in [2.05, 4.69) is 40.8 Å². The van der Waals surface area contributed by atoms with E-state index in [1.165, 1.54) is 6.33 Å². The number of rotatable bonds is 6. The molecule has 0 aliphatic rings. The van der Waals surface area contributed by atoms with Crippen molar-refractivity contribution in [1.29, 1.82) is 0 Å². The fourth-order valence-corrected chi connectivity index (χ4v) is 3.40. The van der Waals surface area contributed by atoms with Crippen LogP contribution in [0, 0.1) is 6.92 Å². The molecule has 0 unspecified atom stereocenters. The normalized spacial score (nSPS) is 11.0. The van der Waals surface area contributed by atoms with Crippen LogP contribution in [0.4, 0.5) is 17.3 Å². The molecule has 5 rings (SSSR count). The Morgan fingerprint density at radius 3 is 2.70 bits per heavy atom. The van der Waals surface area contributed by atoms with E-state index < -0.39 is 0 Å². The van der Waals surface area contributed by atoms with Crippen molar-refractivity contribution in [1.82, 2.24) is 39.5 Å². The number of hydrogen-bond acceptors (Lipinski definition) is 8. The first kappa shape index (κ1) is 20.2. The second-order valence-electron chi connectivity index (χ2n) is 7.21. The molecule has 11 heteroatoms. The van der Waals surface area contributed by atoms with E-state index in [9.17, 15) is 4.79 Å². The zero-order chi connectivity index (χ0) is 22.8. The minimum atomic E-state index is -0.227. The van der Waals surface area contributed by atoms with Crippen molar-refractivity contribution in [2.45, 2.75) is 20.4 Å². The second kappa shape index (κ2) is 8.46. The summed E-state index contributed by atoms with van der Waals surface area (Å²) in [4.78, 5) is 30.0. The maximum atomic E-state index is 12.8. The van der Waals surface area contributed by atoms with Gasteiger partial charge < -0.3 is 10.6 Å². The van der Waals surface area contributed by atoms with Crippen molar-refractivity contribution in [3.63, 3.8) is 0 Å². The number of amides is 1. The van der Waals surface area contributed by atoms with Crippen molar-refractivity contribution in [3.8, 4) is 5.95 Å². The van der Waals surface area contributed by atoms with Gasteiger partial charge in [0.1, 0.15) is 18.0 Å². The summed E-state index contributed by atoms with van der Waals surface area (Å²) < 4.78 is 3.27. The topological polar surface area (TPSA) is 128 Å². The SMILES string of the molecule is CCn1nccc1NC(=O)c1ccc(C)c(Nc2ncnc3c2cnn3-c2ncccn2)c1. The summed E-state index contributed by atoms with van der Waals surface area (Å²) in [6, 6.07) is 8.95. The molecular weight excluding hydrogens is 420 g/mol. The highest BCUT2D eigenvalue weighted by atomic mass is 16.1. The van der Waals surface area contributed by atoms with E-state index in [1.54, 1.807) is 58.4 Å². The molecule has 1 amide bonds. The maximum Gasteiger partial charge on any atom is 0.256 e. The second-order valence-corrected chi connectivity index (χ2v) is 7.21. The van der Waals surface area contributed by atoms with Crippen molar-refractivity contribution in [3.05, 3.63) is 72.6 Å². The standard InChI is InChI=1S/C22H20N10O/c1-3-31-18(7-10-27-31)30-21(33)15-6-5-14(2)17(11-15)29-19-16-12-28-32(20(16)26-13-25-19)22-23-8-4-9-24-22/h4-13H,3H2,1-2H3,(H,30,33)(H,25,26,29). The van der Waals surface area contributed by atoms with Crippen LogP contribution in [0.25, 0.3) is 17.0 Å². The fourth-order valence-electron chi connectivity index (χ4n) is 3.40. The largest absolute Gasteiger partial charge is 0.339 e. The summed E-state index contributed by atoms with van der Waals surface area (Å²) in [7, 11) is 0. The number of nitrogens with zero attached hydrogens (tertiary/aromatic N) is 8. The molecule has 164 valence electrons. The Bertz CT molecular complexity index is 1440. The lowest BCUT2D eigenvalue weighted by Crippen LogP contribution is -2.15. The smallest absolute Gasteiger partial charge is 0.256 e. The lowest BCUT2D eigenvalue weighted by Gasteiger charge is -2.12. The number of anilines is 3. The first-order chi connectivity index (χ1) is 16.1. The number of aryl methyl sites for hydroxylation is 2. The molecule has 0 bridgehead atoms. The third kappa shape index (κ3) is 3.87. The van der Waals surface area contributed by atoms with Crippen LogP contribution in [-0.2, 0) is 6.54 Å². The average molecular weight is 440 g/mol. The lowest BCUT2D eigenvalue weighted by molar-refractivity contribution is 0.102. The first-order valence-corrected chi connectivity index (χ1v) is 10.3. The molecule has 0 fully saturated rings. The van der Waals surface area contributed by atoms with Crippen LogP contribution in [0.15, 0.2) is 61.4 Å². The Morgan fingerprint density at radius 2 is 1.88 bits per heavy atom. The number of hydrogen-bond donors (Lipinski definition) is 2. The molecule has 4 aromatic heterocycles. The Morgan fingerprint density at radius 1 is 1.03 bits per heavy atom. The Labute approximate surface area is 188 Å². The maximum absolute atomic E-state index is 12.8. The summed E-state index contributed by atoms with van der Waals surface area (Å²) in [6.07, 6.45) is 8.05. The van der Waals surface area contributed by atoms with Crippen LogP contribution in [-0.4, -0.2) is 45.4 Å². The summed E-state index contributed by atoms with van der Waals surface area (Å²) in [6.45, 7) is 4.58. The number of carbonyl (C=O) groups excluding carboxylic acids is 1. The third-order valence-electron chi connectivity index (χ3n) is 5.12. The lowest BCUT2D eigenvalue weighted by atomic mass is 10.1. The minimum Gasteiger partial charge on any atom is -0.339 e. The minimum absolute atomic E-state index is 0.227. The van der Waals surface area contributed by atoms with Crippen LogP contribution < -0.4 is 10.6 Å². The molecule has 0 radical (unpaired) electrons. The molecule has 5 aromatic rings. The summed E-state index contributed by atoms with van der Waals surface area (Å²) in [5.41, 5.74) is 2.77. The quantitative estimate of drug-likeness (QED) is 0.412. The molecule has 33 heavy (non-hydrogen) atoms. The van der Waals surface area contributed by atoms with Gasteiger partial charge in [0, 0.05) is 36.3 Å². The van der Waals surface area contributed by atoms with Gasteiger partial charge in [0.2, 0.25) is 0 Å². The van der Waals surface area contributed by atoms with Crippen LogP contribution >= 0.6 is 0 Å². The van der Waals surface area contributed by atoms with E-state index in [-0.39, 0.29) is 5.91 Å². The van der Waals surface area contributed by atoms with Gasteiger partial charge >= 0.3 is 0 Å². The fraction of sp³-hybridized carbons (Fsp3) is 0.136. The Balaban J connectivity index is 1.45. The van der Waals surface area contributed by atoms with E-state index in [4.69, 9.17) is 0 Å². The van der Waals surface area contributed by atoms with Crippen molar-refractivity contribution in [2.24, 2.45) is 0 Å². The third-order valence-corrected chi connectivity index (χ3v) is 5.12. The first-order valence-electron chi connectivity index (χ1n) is 10.3. The van der Waals surface area contributed by atoms with Gasteiger partial charge in [0.15, 0.2) is 5.65 Å². The van der Waals surface area contributed by atoms with Gasteiger partial charge in [-0.15, -0.1) is 0 Å². The number of fused-ring (bicyclic) bond motifs is 1. The molecule has 0 aliphatic carbocycles. The van der Waals surface area contributed by atoms with E-state index >= 15 is 0 Å².